The molecule has 0 aliphatic heterocycles. The van der Waals surface area contributed by atoms with Crippen LogP contribution in [0.15, 0.2) is 87.4 Å². The third-order valence-electron chi connectivity index (χ3n) is 7.13. The van der Waals surface area contributed by atoms with Gasteiger partial charge in [-0.25, -0.2) is 8.42 Å². The van der Waals surface area contributed by atoms with Crippen LogP contribution in [-0.2, 0) is 27.6 Å². The van der Waals surface area contributed by atoms with Gasteiger partial charge >= 0.3 is 0 Å². The van der Waals surface area contributed by atoms with Crippen molar-refractivity contribution in [2.45, 2.75) is 42.2 Å². The van der Waals surface area contributed by atoms with Crippen LogP contribution in [-0.4, -0.2) is 42.6 Å². The van der Waals surface area contributed by atoms with Gasteiger partial charge in [0, 0.05) is 19.2 Å². The number of aromatic nitrogens is 2. The van der Waals surface area contributed by atoms with Gasteiger partial charge in [0.15, 0.2) is 4.90 Å². The number of carbonyl (C=O) groups is 1. The van der Waals surface area contributed by atoms with Gasteiger partial charge < -0.3 is 15.2 Å². The number of nitrogens with one attached hydrogen (secondary N) is 1. The van der Waals surface area contributed by atoms with Gasteiger partial charge in [-0.1, -0.05) is 54.6 Å². The van der Waals surface area contributed by atoms with Crippen molar-refractivity contribution >= 4 is 15.7 Å². The van der Waals surface area contributed by atoms with Crippen LogP contribution in [0.1, 0.15) is 46.7 Å². The molecule has 4 aromatic rings. The zero-order chi connectivity index (χ0) is 28.4. The summed E-state index contributed by atoms with van der Waals surface area (Å²) in [5, 5.41) is 14.0. The molecule has 40 heavy (non-hydrogen) atoms. The lowest BCUT2D eigenvalue weighted by Crippen LogP contribution is -2.27. The van der Waals surface area contributed by atoms with Crippen LogP contribution in [0.3, 0.4) is 0 Å². The normalized spacial score (nSPS) is 14.6. The van der Waals surface area contributed by atoms with E-state index in [1.165, 1.54) is 23.7 Å². The molecule has 3 aromatic carbocycles. The molecule has 0 bridgehead atoms. The summed E-state index contributed by atoms with van der Waals surface area (Å²) < 4.78 is 34.5. The first kappa shape index (κ1) is 27.3. The fourth-order valence-electron chi connectivity index (χ4n) is 5.21. The summed E-state index contributed by atoms with van der Waals surface area (Å²) in [5.41, 5.74) is 2.65. The van der Waals surface area contributed by atoms with Gasteiger partial charge in [-0.3, -0.25) is 14.2 Å². The molecule has 10 heteroatoms. The summed E-state index contributed by atoms with van der Waals surface area (Å²) in [5.74, 6) is -0.777. The molecule has 1 amide bonds. The van der Waals surface area contributed by atoms with Crippen molar-refractivity contribution in [3.05, 3.63) is 106 Å². The number of ether oxygens (including phenoxy) is 1. The molecule has 0 saturated carbocycles. The van der Waals surface area contributed by atoms with Crippen molar-refractivity contribution in [2.24, 2.45) is 0 Å². The monoisotopic (exact) mass is 559 g/mol. The second kappa shape index (κ2) is 11.1. The number of fused-ring (bicyclic) bond motifs is 1. The molecule has 1 heterocycles. The van der Waals surface area contributed by atoms with E-state index in [-0.39, 0.29) is 23.2 Å². The maximum Gasteiger partial charge on any atom is 0.296 e. The van der Waals surface area contributed by atoms with Crippen molar-refractivity contribution in [1.29, 1.82) is 0 Å². The Morgan fingerprint density at radius 1 is 1.07 bits per heavy atom. The van der Waals surface area contributed by atoms with Crippen molar-refractivity contribution in [3.63, 3.8) is 0 Å². The highest BCUT2D eigenvalue weighted by molar-refractivity contribution is 7.91. The van der Waals surface area contributed by atoms with Crippen molar-refractivity contribution in [1.82, 2.24) is 14.9 Å². The average Bonchev–Trinajstić information content (AvgIpc) is 3.39. The summed E-state index contributed by atoms with van der Waals surface area (Å²) in [4.78, 5) is 28.6. The minimum Gasteiger partial charge on any atom is -0.493 e. The summed E-state index contributed by atoms with van der Waals surface area (Å²) >= 11 is 0. The van der Waals surface area contributed by atoms with Crippen LogP contribution < -0.4 is 10.9 Å². The summed E-state index contributed by atoms with van der Waals surface area (Å²) in [7, 11) is -2.93. The number of nitrogens with zero attached hydrogens (tertiary/aromatic N) is 2. The van der Waals surface area contributed by atoms with E-state index in [0.29, 0.717) is 29.7 Å². The van der Waals surface area contributed by atoms with Crippen LogP contribution >= 0.6 is 0 Å². The minimum absolute atomic E-state index is 0.0578. The number of hydrogen-bond acceptors (Lipinski definition) is 7. The van der Waals surface area contributed by atoms with Gasteiger partial charge in [0.2, 0.25) is 15.7 Å². The third-order valence-corrected chi connectivity index (χ3v) is 8.91. The number of benzene rings is 3. The van der Waals surface area contributed by atoms with E-state index in [4.69, 9.17) is 4.74 Å². The maximum absolute atomic E-state index is 13.8. The van der Waals surface area contributed by atoms with E-state index in [0.717, 1.165) is 17.5 Å². The van der Waals surface area contributed by atoms with Crippen molar-refractivity contribution < 1.29 is 23.1 Å². The molecular formula is C30H29N3O6S. The zero-order valence-electron chi connectivity index (χ0n) is 22.1. The Labute approximate surface area is 232 Å². The molecular weight excluding hydrogens is 530 g/mol. The standard InChI is InChI=1S/C30H29N3O6S/c1-3-39-18-26-32-29(35)27(30(36)33(26)25-17-14-19-8-4-5-10-23(19)25)40(37,38)21-15-12-20(13-16-21)22-9-6-7-11-24(22)28(34)31-2/h4-13,15-16,25,36H,3,14,17-18H2,1-2H3,(H,31,34)/t25-/m0/s1. The Hall–Kier alpha value is -4.28. The first-order valence-electron chi connectivity index (χ1n) is 12.9. The molecule has 0 radical (unpaired) electrons. The average molecular weight is 560 g/mol. The molecule has 1 aliphatic rings. The van der Waals surface area contributed by atoms with E-state index < -0.39 is 32.2 Å². The van der Waals surface area contributed by atoms with Crippen LogP contribution in [0.4, 0.5) is 0 Å². The molecule has 1 aliphatic carbocycles. The van der Waals surface area contributed by atoms with E-state index in [9.17, 15) is 23.1 Å². The molecule has 206 valence electrons. The molecule has 5 rings (SSSR count). The van der Waals surface area contributed by atoms with Gasteiger partial charge in [-0.2, -0.15) is 4.98 Å². The molecule has 0 fully saturated rings. The lowest BCUT2D eigenvalue weighted by molar-refractivity contribution is 0.0963. The van der Waals surface area contributed by atoms with Gasteiger partial charge in [0.1, 0.15) is 12.4 Å². The quantitative estimate of drug-likeness (QED) is 0.335. The highest BCUT2D eigenvalue weighted by atomic mass is 32.2. The molecule has 0 saturated heterocycles. The largest absolute Gasteiger partial charge is 0.493 e. The maximum atomic E-state index is 13.8. The van der Waals surface area contributed by atoms with Crippen LogP contribution in [0.5, 0.6) is 5.88 Å². The Bertz CT molecular complexity index is 1750. The molecule has 0 unspecified atom stereocenters. The number of carbonyl (C=O) groups excluding carboxylic acids is 1. The van der Waals surface area contributed by atoms with Gasteiger partial charge in [0.05, 0.1) is 10.9 Å². The van der Waals surface area contributed by atoms with Gasteiger partial charge in [0.25, 0.3) is 11.5 Å². The molecule has 2 N–H and O–H groups in total. The minimum atomic E-state index is -4.46. The summed E-state index contributed by atoms with van der Waals surface area (Å²) in [6, 6.07) is 20.1. The number of hydrogen-bond donors (Lipinski definition) is 2. The summed E-state index contributed by atoms with van der Waals surface area (Å²) in [6.07, 6.45) is 1.34. The Morgan fingerprint density at radius 3 is 2.50 bits per heavy atom. The van der Waals surface area contributed by atoms with Crippen LogP contribution in [0.2, 0.25) is 0 Å². The van der Waals surface area contributed by atoms with E-state index in [1.807, 2.05) is 24.3 Å². The fourth-order valence-corrected chi connectivity index (χ4v) is 6.55. The number of amides is 1. The van der Waals surface area contributed by atoms with Crippen molar-refractivity contribution in [2.75, 3.05) is 13.7 Å². The van der Waals surface area contributed by atoms with E-state index in [2.05, 4.69) is 10.3 Å². The number of aromatic hydroxyl groups is 1. The fraction of sp³-hybridized carbons (Fsp3) is 0.233. The van der Waals surface area contributed by atoms with Crippen LogP contribution in [0, 0.1) is 0 Å². The SMILES string of the molecule is CCOCc1nc(=O)c(S(=O)(=O)c2ccc(-c3ccccc3C(=O)NC)cc2)c(O)n1[C@H]1CCc2ccccc21. The first-order chi connectivity index (χ1) is 19.3. The molecule has 1 atom stereocenters. The zero-order valence-corrected chi connectivity index (χ0v) is 22.9. The third kappa shape index (κ3) is 4.80. The van der Waals surface area contributed by atoms with E-state index in [1.54, 1.807) is 43.3 Å². The predicted octanol–water partition coefficient (Wildman–Crippen LogP) is 3.88. The first-order valence-corrected chi connectivity index (χ1v) is 14.4. The Morgan fingerprint density at radius 2 is 1.77 bits per heavy atom. The summed E-state index contributed by atoms with van der Waals surface area (Å²) in [6.45, 7) is 2.09. The number of sulfone groups is 1. The highest BCUT2D eigenvalue weighted by Gasteiger charge is 2.34. The number of aryl methyl sites for hydroxylation is 1. The van der Waals surface area contributed by atoms with Crippen LogP contribution in [0.25, 0.3) is 11.1 Å². The van der Waals surface area contributed by atoms with Gasteiger partial charge in [-0.15, -0.1) is 0 Å². The molecule has 9 nitrogen and oxygen atoms in total. The number of rotatable bonds is 8. The molecule has 1 aromatic heterocycles. The second-order valence-corrected chi connectivity index (χ2v) is 11.3. The second-order valence-electron chi connectivity index (χ2n) is 9.40. The predicted molar refractivity (Wildman–Crippen MR) is 149 cm³/mol. The lowest BCUT2D eigenvalue weighted by atomic mass is 9.99. The lowest BCUT2D eigenvalue weighted by Gasteiger charge is -2.23. The molecule has 0 spiro atoms. The van der Waals surface area contributed by atoms with Crippen molar-refractivity contribution in [3.8, 4) is 17.0 Å². The van der Waals surface area contributed by atoms with Gasteiger partial charge in [-0.05, 0) is 60.2 Å². The topological polar surface area (TPSA) is 128 Å². The Kier molecular flexibility index (Phi) is 7.55. The smallest absolute Gasteiger partial charge is 0.296 e. The highest BCUT2D eigenvalue weighted by Crippen LogP contribution is 2.39. The van der Waals surface area contributed by atoms with E-state index >= 15 is 0 Å². The Balaban J connectivity index is 1.61.